The van der Waals surface area contributed by atoms with Crippen molar-refractivity contribution in [1.82, 2.24) is 14.6 Å². The number of hydrogen-bond donors (Lipinski definition) is 0. The Hall–Kier alpha value is -2.79. The van der Waals surface area contributed by atoms with Crippen molar-refractivity contribution in [1.29, 1.82) is 0 Å². The number of hydrogen-bond acceptors (Lipinski definition) is 4. The summed E-state index contributed by atoms with van der Waals surface area (Å²) in [4.78, 5) is 5.67. The first-order valence-corrected chi connectivity index (χ1v) is 8.38. The molecule has 0 unspecified atom stereocenters. The quantitative estimate of drug-likeness (QED) is 0.549. The normalized spacial score (nSPS) is 10.9. The van der Waals surface area contributed by atoms with Crippen molar-refractivity contribution in [2.24, 2.45) is 0 Å². The van der Waals surface area contributed by atoms with Gasteiger partial charge in [-0.1, -0.05) is 54.2 Å². The second-order valence-corrected chi connectivity index (χ2v) is 6.28. The van der Waals surface area contributed by atoms with Crippen LogP contribution in [0.3, 0.4) is 0 Å². The number of fused-ring (bicyclic) bond motifs is 1. The van der Waals surface area contributed by atoms with Crippen LogP contribution in [0.25, 0.3) is 16.9 Å². The summed E-state index contributed by atoms with van der Waals surface area (Å²) in [7, 11) is 1.68. The molecule has 2 aromatic heterocycles. The summed E-state index contributed by atoms with van der Waals surface area (Å²) in [5.41, 5.74) is 2.84. The molecule has 4 nitrogen and oxygen atoms in total. The molecule has 0 atom stereocenters. The number of benzene rings is 2. The molecule has 5 heteroatoms. The molecular formula is C19H15N3OS. The summed E-state index contributed by atoms with van der Waals surface area (Å²) in [6, 6.07) is 22.0. The Labute approximate surface area is 144 Å². The van der Waals surface area contributed by atoms with Gasteiger partial charge in [0.25, 0.3) is 0 Å². The monoisotopic (exact) mass is 333 g/mol. The van der Waals surface area contributed by atoms with Gasteiger partial charge in [0.2, 0.25) is 0 Å². The van der Waals surface area contributed by atoms with Gasteiger partial charge in [0.1, 0.15) is 10.8 Å². The van der Waals surface area contributed by atoms with Crippen LogP contribution in [-0.4, -0.2) is 21.7 Å². The number of nitrogens with zero attached hydrogens (tertiary/aromatic N) is 3. The molecule has 0 aliphatic rings. The van der Waals surface area contributed by atoms with E-state index in [1.165, 1.54) is 0 Å². The van der Waals surface area contributed by atoms with Gasteiger partial charge in [0.05, 0.1) is 23.9 Å². The fourth-order valence-corrected chi connectivity index (χ4v) is 3.37. The molecule has 2 aromatic carbocycles. The van der Waals surface area contributed by atoms with Crippen LogP contribution < -0.4 is 4.74 Å². The summed E-state index contributed by atoms with van der Waals surface area (Å²) >= 11 is 1.57. The van der Waals surface area contributed by atoms with Crippen molar-refractivity contribution in [3.8, 4) is 17.0 Å². The lowest BCUT2D eigenvalue weighted by atomic mass is 10.2. The largest absolute Gasteiger partial charge is 0.496 e. The van der Waals surface area contributed by atoms with Gasteiger partial charge in [-0.05, 0) is 24.3 Å². The zero-order valence-electron chi connectivity index (χ0n) is 13.1. The SMILES string of the molecule is COc1ccccc1Sc1ccc2nc(-c3ccccc3)cn2n1. The first kappa shape index (κ1) is 14.8. The van der Waals surface area contributed by atoms with Crippen LogP contribution in [0.5, 0.6) is 5.75 Å². The lowest BCUT2D eigenvalue weighted by Gasteiger charge is -2.06. The van der Waals surface area contributed by atoms with Crippen LogP contribution in [-0.2, 0) is 0 Å². The third-order valence-electron chi connectivity index (χ3n) is 3.65. The minimum Gasteiger partial charge on any atom is -0.496 e. The Morgan fingerprint density at radius 2 is 1.71 bits per heavy atom. The standard InChI is InChI=1S/C19H15N3OS/c1-23-16-9-5-6-10-17(16)24-19-12-11-18-20-15(13-22(18)21-19)14-7-3-2-4-8-14/h2-13H,1H3. The fraction of sp³-hybridized carbons (Fsp3) is 0.0526. The van der Waals surface area contributed by atoms with Gasteiger partial charge >= 0.3 is 0 Å². The highest BCUT2D eigenvalue weighted by molar-refractivity contribution is 7.99. The third-order valence-corrected chi connectivity index (χ3v) is 4.63. The zero-order valence-corrected chi connectivity index (χ0v) is 13.9. The van der Waals surface area contributed by atoms with Crippen LogP contribution in [0.15, 0.2) is 82.8 Å². The number of methoxy groups -OCH3 is 1. The van der Waals surface area contributed by atoms with Crippen LogP contribution >= 0.6 is 11.8 Å². The lowest BCUT2D eigenvalue weighted by Crippen LogP contribution is -1.92. The maximum absolute atomic E-state index is 5.40. The average Bonchev–Trinajstić information content (AvgIpc) is 3.06. The van der Waals surface area contributed by atoms with Crippen molar-refractivity contribution >= 4 is 17.4 Å². The van der Waals surface area contributed by atoms with E-state index in [0.717, 1.165) is 32.6 Å². The second-order valence-electron chi connectivity index (χ2n) is 5.22. The number of rotatable bonds is 4. The Kier molecular flexibility index (Phi) is 3.92. The topological polar surface area (TPSA) is 39.4 Å². The molecule has 2 heterocycles. The molecule has 0 fully saturated rings. The van der Waals surface area contributed by atoms with E-state index in [0.29, 0.717) is 0 Å². The average molecular weight is 333 g/mol. The number of para-hydroxylation sites is 1. The Morgan fingerprint density at radius 3 is 2.54 bits per heavy atom. The predicted octanol–water partition coefficient (Wildman–Crippen LogP) is 4.56. The van der Waals surface area contributed by atoms with E-state index in [9.17, 15) is 0 Å². The highest BCUT2D eigenvalue weighted by atomic mass is 32.2. The maximum atomic E-state index is 5.40. The molecule has 0 amide bonds. The Balaban J connectivity index is 1.68. The molecule has 0 N–H and O–H groups in total. The van der Waals surface area contributed by atoms with Gasteiger partial charge in [0.15, 0.2) is 5.65 Å². The molecule has 0 saturated heterocycles. The summed E-state index contributed by atoms with van der Waals surface area (Å²) in [5, 5.41) is 5.55. The molecule has 4 aromatic rings. The van der Waals surface area contributed by atoms with Gasteiger partial charge in [-0.15, -0.1) is 0 Å². The maximum Gasteiger partial charge on any atom is 0.154 e. The van der Waals surface area contributed by atoms with Gasteiger partial charge in [-0.25, -0.2) is 9.50 Å². The third kappa shape index (κ3) is 2.86. The zero-order chi connectivity index (χ0) is 16.4. The van der Waals surface area contributed by atoms with E-state index >= 15 is 0 Å². The predicted molar refractivity (Wildman–Crippen MR) is 95.5 cm³/mol. The molecule has 4 rings (SSSR count). The number of imidazole rings is 1. The lowest BCUT2D eigenvalue weighted by molar-refractivity contribution is 0.405. The Bertz CT molecular complexity index is 982. The van der Waals surface area contributed by atoms with Gasteiger partial charge in [0, 0.05) is 5.56 Å². The van der Waals surface area contributed by atoms with Crippen molar-refractivity contribution in [3.63, 3.8) is 0 Å². The van der Waals surface area contributed by atoms with Gasteiger partial charge in [-0.2, -0.15) is 5.10 Å². The molecule has 0 saturated carbocycles. The minimum atomic E-state index is 0.832. The summed E-state index contributed by atoms with van der Waals surface area (Å²) in [5.74, 6) is 0.847. The van der Waals surface area contributed by atoms with Crippen molar-refractivity contribution in [2.45, 2.75) is 9.92 Å². The molecule has 0 aliphatic carbocycles. The fourth-order valence-electron chi connectivity index (χ4n) is 2.48. The first-order chi connectivity index (χ1) is 11.8. The molecule has 0 radical (unpaired) electrons. The Morgan fingerprint density at radius 1 is 0.917 bits per heavy atom. The number of ether oxygens (including phenoxy) is 1. The van der Waals surface area contributed by atoms with Gasteiger partial charge in [-0.3, -0.25) is 0 Å². The molecule has 0 aliphatic heterocycles. The van der Waals surface area contributed by atoms with E-state index in [1.807, 2.05) is 77.4 Å². The van der Waals surface area contributed by atoms with E-state index in [2.05, 4.69) is 10.1 Å². The minimum absolute atomic E-state index is 0.832. The summed E-state index contributed by atoms with van der Waals surface area (Å²) in [6.07, 6.45) is 1.96. The highest BCUT2D eigenvalue weighted by Crippen LogP contribution is 2.33. The molecule has 0 bridgehead atoms. The van der Waals surface area contributed by atoms with Crippen molar-refractivity contribution in [3.05, 3.63) is 72.9 Å². The van der Waals surface area contributed by atoms with E-state index < -0.39 is 0 Å². The van der Waals surface area contributed by atoms with E-state index in [1.54, 1.807) is 18.9 Å². The van der Waals surface area contributed by atoms with Crippen molar-refractivity contribution < 1.29 is 4.74 Å². The molecule has 0 spiro atoms. The molecule has 118 valence electrons. The van der Waals surface area contributed by atoms with Crippen LogP contribution in [0.4, 0.5) is 0 Å². The van der Waals surface area contributed by atoms with Crippen LogP contribution in [0.1, 0.15) is 0 Å². The van der Waals surface area contributed by atoms with E-state index in [4.69, 9.17) is 4.74 Å². The van der Waals surface area contributed by atoms with Crippen LogP contribution in [0, 0.1) is 0 Å². The smallest absolute Gasteiger partial charge is 0.154 e. The molecule has 24 heavy (non-hydrogen) atoms. The second kappa shape index (κ2) is 6.37. The van der Waals surface area contributed by atoms with Crippen molar-refractivity contribution in [2.75, 3.05) is 7.11 Å². The van der Waals surface area contributed by atoms with Gasteiger partial charge < -0.3 is 4.74 Å². The highest BCUT2D eigenvalue weighted by Gasteiger charge is 2.08. The van der Waals surface area contributed by atoms with E-state index in [-0.39, 0.29) is 0 Å². The first-order valence-electron chi connectivity index (χ1n) is 7.56. The van der Waals surface area contributed by atoms with Crippen LogP contribution in [0.2, 0.25) is 0 Å². The summed E-state index contributed by atoms with van der Waals surface area (Å²) in [6.45, 7) is 0. The number of aromatic nitrogens is 3. The summed E-state index contributed by atoms with van der Waals surface area (Å²) < 4.78 is 7.22. The molecular weight excluding hydrogens is 318 g/mol.